The van der Waals surface area contributed by atoms with Gasteiger partial charge in [-0.25, -0.2) is 0 Å². The third-order valence-corrected chi connectivity index (χ3v) is 6.63. The highest BCUT2D eigenvalue weighted by Gasteiger charge is 2.49. The zero-order valence-corrected chi connectivity index (χ0v) is 20.1. The van der Waals surface area contributed by atoms with E-state index < -0.39 is 18.5 Å². The minimum Gasteiger partial charge on any atom is -0.374 e. The largest absolute Gasteiger partial charge is 0.374 e. The minimum absolute atomic E-state index is 0.124. The molecule has 0 aromatic heterocycles. The van der Waals surface area contributed by atoms with Gasteiger partial charge in [0.1, 0.15) is 6.10 Å². The highest BCUT2D eigenvalue weighted by atomic mass is 16.7. The molecule has 4 atom stereocenters. The van der Waals surface area contributed by atoms with Crippen molar-refractivity contribution in [1.29, 1.82) is 0 Å². The van der Waals surface area contributed by atoms with Gasteiger partial charge >= 0.3 is 0 Å². The van der Waals surface area contributed by atoms with Gasteiger partial charge in [-0.1, -0.05) is 72.8 Å². The molecule has 0 N–H and O–H groups in total. The molecule has 2 heterocycles. The van der Waals surface area contributed by atoms with Crippen LogP contribution in [0.15, 0.2) is 84.9 Å². The Bertz CT molecular complexity index is 1150. The van der Waals surface area contributed by atoms with Crippen LogP contribution in [0.1, 0.15) is 31.8 Å². The van der Waals surface area contributed by atoms with E-state index in [0.29, 0.717) is 24.3 Å². The fourth-order valence-corrected chi connectivity index (χ4v) is 4.82. The molecule has 0 radical (unpaired) electrons. The first-order chi connectivity index (χ1) is 17.7. The van der Waals surface area contributed by atoms with Crippen LogP contribution in [0.5, 0.6) is 0 Å². The number of nitrogens with zero attached hydrogens (tertiary/aromatic N) is 1. The van der Waals surface area contributed by atoms with Crippen molar-refractivity contribution < 1.29 is 28.5 Å². The summed E-state index contributed by atoms with van der Waals surface area (Å²) in [6, 6.07) is 26.6. The van der Waals surface area contributed by atoms with Gasteiger partial charge in [-0.05, 0) is 23.3 Å². The number of hydrogen-bond acceptors (Lipinski definition) is 6. The topological polar surface area (TPSA) is 74.3 Å². The van der Waals surface area contributed by atoms with Crippen LogP contribution in [0.4, 0.5) is 0 Å². The fraction of sp³-hybridized carbons (Fsp3) is 0.310. The molecule has 186 valence electrons. The van der Waals surface area contributed by atoms with E-state index in [1.54, 1.807) is 31.4 Å². The van der Waals surface area contributed by atoms with Crippen molar-refractivity contribution in [2.75, 3.05) is 20.3 Å². The smallest absolute Gasteiger partial charge is 0.261 e. The van der Waals surface area contributed by atoms with Gasteiger partial charge in [-0.15, -0.1) is 0 Å². The molecule has 3 aromatic carbocycles. The molecule has 0 spiro atoms. The van der Waals surface area contributed by atoms with Gasteiger partial charge in [-0.3, -0.25) is 14.5 Å². The number of benzene rings is 3. The lowest BCUT2D eigenvalue weighted by molar-refractivity contribution is -0.146. The Hall–Kier alpha value is -3.36. The van der Waals surface area contributed by atoms with E-state index in [4.69, 9.17) is 18.9 Å². The zero-order valence-electron chi connectivity index (χ0n) is 20.1. The Kier molecular flexibility index (Phi) is 7.53. The van der Waals surface area contributed by atoms with Crippen LogP contribution in [-0.4, -0.2) is 55.5 Å². The van der Waals surface area contributed by atoms with E-state index in [1.165, 1.54) is 4.90 Å². The summed E-state index contributed by atoms with van der Waals surface area (Å²) in [6.07, 6.45) is -1.53. The van der Waals surface area contributed by atoms with E-state index in [2.05, 4.69) is 0 Å². The molecule has 2 aliphatic heterocycles. The second-order valence-corrected chi connectivity index (χ2v) is 8.97. The number of carbonyl (C=O) groups is 2. The van der Waals surface area contributed by atoms with Crippen molar-refractivity contribution in [3.05, 3.63) is 107 Å². The predicted octanol–water partition coefficient (Wildman–Crippen LogP) is 4.07. The third kappa shape index (κ3) is 5.10. The van der Waals surface area contributed by atoms with Gasteiger partial charge < -0.3 is 18.9 Å². The molecule has 0 aliphatic carbocycles. The van der Waals surface area contributed by atoms with Gasteiger partial charge in [0, 0.05) is 13.7 Å². The monoisotopic (exact) mass is 487 g/mol. The Balaban J connectivity index is 1.33. The second kappa shape index (κ2) is 11.1. The summed E-state index contributed by atoms with van der Waals surface area (Å²) in [5.41, 5.74) is 2.91. The minimum atomic E-state index is -0.652. The highest BCUT2D eigenvalue weighted by molar-refractivity contribution is 6.21. The van der Waals surface area contributed by atoms with Crippen LogP contribution >= 0.6 is 0 Å². The van der Waals surface area contributed by atoms with Crippen molar-refractivity contribution in [3.8, 4) is 0 Å². The number of hydrogen-bond donors (Lipinski definition) is 0. The van der Waals surface area contributed by atoms with E-state index in [1.807, 2.05) is 60.7 Å². The summed E-state index contributed by atoms with van der Waals surface area (Å²) in [5.74, 6) is -1.00. The summed E-state index contributed by atoms with van der Waals surface area (Å²) in [4.78, 5) is 27.4. The van der Waals surface area contributed by atoms with Crippen LogP contribution in [0, 0.1) is 5.92 Å². The maximum atomic E-state index is 13.0. The van der Waals surface area contributed by atoms with Crippen molar-refractivity contribution in [1.82, 2.24) is 4.90 Å². The Morgan fingerprint density at radius 3 is 1.92 bits per heavy atom. The predicted molar refractivity (Wildman–Crippen MR) is 132 cm³/mol. The second-order valence-electron chi connectivity index (χ2n) is 8.97. The first-order valence-corrected chi connectivity index (χ1v) is 12.1. The van der Waals surface area contributed by atoms with Gasteiger partial charge in [0.25, 0.3) is 11.8 Å². The van der Waals surface area contributed by atoms with Crippen LogP contribution in [0.2, 0.25) is 0 Å². The van der Waals surface area contributed by atoms with Gasteiger partial charge in [0.05, 0.1) is 43.0 Å². The lowest BCUT2D eigenvalue weighted by atomic mass is 9.99. The van der Waals surface area contributed by atoms with Crippen molar-refractivity contribution in [2.24, 2.45) is 5.92 Å². The molecule has 7 nitrogen and oxygen atoms in total. The Morgan fingerprint density at radius 1 is 0.778 bits per heavy atom. The van der Waals surface area contributed by atoms with Gasteiger partial charge in [0.2, 0.25) is 0 Å². The standard InChI is InChI=1S/C29H29NO6/c1-33-29-24(16-30-27(31)22-14-8-9-15-23(22)28(30)32)26(35-18-21-12-6-3-7-13-21)25(36-29)19-34-17-20-10-4-2-5-11-20/h2-15,24-26,29H,16-19H2,1H3/t24-,25-,26+,29+/m1/s1. The van der Waals surface area contributed by atoms with E-state index in [0.717, 1.165) is 11.1 Å². The van der Waals surface area contributed by atoms with Crippen LogP contribution in [0.25, 0.3) is 0 Å². The lowest BCUT2D eigenvalue weighted by Gasteiger charge is -2.27. The normalized spacial score (nSPS) is 23.3. The van der Waals surface area contributed by atoms with Crippen molar-refractivity contribution >= 4 is 11.8 Å². The molecule has 1 saturated heterocycles. The summed E-state index contributed by atoms with van der Waals surface area (Å²) in [6.45, 7) is 1.21. The third-order valence-electron chi connectivity index (χ3n) is 6.63. The summed E-state index contributed by atoms with van der Waals surface area (Å²) >= 11 is 0. The Morgan fingerprint density at radius 2 is 1.33 bits per heavy atom. The SMILES string of the molecule is CO[C@H]1O[C@H](COCc2ccccc2)[C@@H](OCc2ccccc2)[C@H]1CN1C(=O)c2ccccc2C1=O. The van der Waals surface area contributed by atoms with Crippen molar-refractivity contribution in [3.63, 3.8) is 0 Å². The molecule has 0 bridgehead atoms. The lowest BCUT2D eigenvalue weighted by Crippen LogP contribution is -2.43. The maximum absolute atomic E-state index is 13.0. The zero-order chi connectivity index (χ0) is 24.9. The number of amides is 2. The quantitative estimate of drug-likeness (QED) is 0.402. The summed E-state index contributed by atoms with van der Waals surface area (Å²) in [7, 11) is 1.56. The van der Waals surface area contributed by atoms with Gasteiger partial charge in [0.15, 0.2) is 6.29 Å². The molecule has 7 heteroatoms. The molecule has 2 amide bonds. The molecular formula is C29H29NO6. The molecule has 5 rings (SSSR count). The average Bonchev–Trinajstić information content (AvgIpc) is 3.38. The maximum Gasteiger partial charge on any atom is 0.261 e. The van der Waals surface area contributed by atoms with Gasteiger partial charge in [-0.2, -0.15) is 0 Å². The van der Waals surface area contributed by atoms with E-state index in [9.17, 15) is 9.59 Å². The fourth-order valence-electron chi connectivity index (χ4n) is 4.82. The Labute approximate surface area is 210 Å². The first kappa shape index (κ1) is 24.3. The number of imide groups is 1. The molecular weight excluding hydrogens is 458 g/mol. The van der Waals surface area contributed by atoms with Crippen LogP contribution < -0.4 is 0 Å². The molecule has 3 aromatic rings. The number of methoxy groups -OCH3 is 1. The summed E-state index contributed by atoms with van der Waals surface area (Å²) in [5, 5.41) is 0. The first-order valence-electron chi connectivity index (χ1n) is 12.1. The molecule has 0 saturated carbocycles. The number of fused-ring (bicyclic) bond motifs is 1. The molecule has 2 aliphatic rings. The number of carbonyl (C=O) groups excluding carboxylic acids is 2. The van der Waals surface area contributed by atoms with Crippen molar-refractivity contribution in [2.45, 2.75) is 31.7 Å². The molecule has 36 heavy (non-hydrogen) atoms. The number of ether oxygens (including phenoxy) is 4. The highest BCUT2D eigenvalue weighted by Crippen LogP contribution is 2.34. The van der Waals surface area contributed by atoms with Crippen LogP contribution in [0.3, 0.4) is 0 Å². The van der Waals surface area contributed by atoms with E-state index in [-0.39, 0.29) is 30.9 Å². The van der Waals surface area contributed by atoms with Crippen LogP contribution in [-0.2, 0) is 32.2 Å². The summed E-state index contributed by atoms with van der Waals surface area (Å²) < 4.78 is 24.2. The van der Waals surface area contributed by atoms with E-state index >= 15 is 0 Å². The number of rotatable bonds is 10. The molecule has 0 unspecified atom stereocenters. The molecule has 1 fully saturated rings. The average molecular weight is 488 g/mol.